The molecule has 0 atom stereocenters. The van der Waals surface area contributed by atoms with Crippen molar-refractivity contribution in [3.05, 3.63) is 233 Å². The van der Waals surface area contributed by atoms with Gasteiger partial charge in [-0.15, -0.1) is 43.7 Å². The lowest BCUT2D eigenvalue weighted by molar-refractivity contribution is 0.137. The Morgan fingerprint density at radius 3 is 0.243 bits per heavy atom. The summed E-state index contributed by atoms with van der Waals surface area (Å²) in [6.45, 7) is 40.7. The molecule has 0 amide bonds. The number of hydrogen-bond donors (Lipinski definition) is 0. The quantitative estimate of drug-likeness (QED) is 0.0199. The molecule has 0 spiro atoms. The first-order chi connectivity index (χ1) is 66.2. The van der Waals surface area contributed by atoms with E-state index < -0.39 is 358 Å². The maximum atomic E-state index is 14.8. The molecule has 52 heteroatoms. The normalized spacial score (nSPS) is 13.3. The topological polar surface area (TPSA) is 36.9 Å². The van der Waals surface area contributed by atoms with Gasteiger partial charge in [0.05, 0.1) is 88.3 Å². The van der Waals surface area contributed by atoms with Crippen LogP contribution in [0.15, 0.2) is 0 Å². The molecule has 0 saturated carbocycles. The van der Waals surface area contributed by atoms with Gasteiger partial charge < -0.3 is 18.6 Å². The number of rotatable bonds is 24. The summed E-state index contributed by atoms with van der Waals surface area (Å²) in [5, 5.41) is -2.64. The van der Waals surface area contributed by atoms with Crippen LogP contribution < -0.4 is 43.7 Å². The minimum absolute atomic E-state index is 0.124. The standard InChI is InChI=1S/4C24H27BF10OP/c4*1-22(2,3)37(23(4,5)6)9-24(7,8)36-25(10-12(26)16(30)20(34)17(31)13(10)27)11-14(28)18(32)21(35)19(33)15(11)29/h4*25H,9H2,1-8H3/q4*-1/p+4. The largest absolute Gasteiger partial charge is 0.578 e. The molecule has 0 unspecified atom stereocenters. The van der Waals surface area contributed by atoms with E-state index in [1.165, 1.54) is 55.4 Å². The maximum Gasteiger partial charge on any atom is 0.200 e. The van der Waals surface area contributed by atoms with Crippen molar-refractivity contribution < 1.29 is 194 Å². The number of hydrogen-bond acceptors (Lipinski definition) is 4. The molecule has 0 aromatic heterocycles. The van der Waals surface area contributed by atoms with E-state index in [9.17, 15) is 176 Å². The Hall–Kier alpha value is -7.22. The van der Waals surface area contributed by atoms with E-state index >= 15 is 0 Å². The van der Waals surface area contributed by atoms with Crippen LogP contribution >= 0.6 is 31.7 Å². The highest BCUT2D eigenvalue weighted by Gasteiger charge is 2.53. The van der Waals surface area contributed by atoms with Crippen LogP contribution in [0.1, 0.15) is 222 Å². The predicted octanol–water partition coefficient (Wildman–Crippen LogP) is 26.1. The SMILES string of the molecule is CC(C)(C[PH+](C(C)(C)C)C(C)(C)C)O[BH-](c1c(F)c(F)c(F)c(F)c1F)c1c(F)c(F)c(F)c(F)c1F.CC(C)(C[PH+](C(C)(C)C)C(C)(C)C)O[BH-](c1c(F)c(F)c(F)c(F)c1F)c1c(F)c(F)c(F)c(F)c1F.CC(C)(C[PH+](C(C)(C)C)C(C)(C)C)O[BH-](c1c(F)c(F)c(F)c(F)c1F)c1c(F)c(F)c(F)c(F)c1F.CC(C)(C[PH+](C(C)(C)C)C(C)(C)C)O[BH-](c1c(F)c(F)c(F)c(F)c1F)c1c(F)c(F)c(F)c(F)c1F. The number of benzene rings is 8. The molecule has 0 N–H and O–H groups in total. The Kier molecular flexibility index (Phi) is 41.2. The minimum Gasteiger partial charge on any atom is -0.578 e. The lowest BCUT2D eigenvalue weighted by atomic mass is 9.53. The summed E-state index contributed by atoms with van der Waals surface area (Å²) < 4.78 is 595. The van der Waals surface area contributed by atoms with Crippen molar-refractivity contribution in [2.24, 2.45) is 0 Å². The van der Waals surface area contributed by atoms with Crippen molar-refractivity contribution in [3.63, 3.8) is 0 Å². The molecule has 8 aromatic carbocycles. The first-order valence-electron chi connectivity index (χ1n) is 45.2. The summed E-state index contributed by atoms with van der Waals surface area (Å²) in [5.41, 5.74) is -20.6. The molecule has 4 nitrogen and oxygen atoms in total. The second-order valence-corrected chi connectivity index (χ2v) is 63.7. The molecule has 8 rings (SSSR count). The van der Waals surface area contributed by atoms with Crippen LogP contribution in [-0.4, -0.2) is 116 Å². The van der Waals surface area contributed by atoms with Gasteiger partial charge in [0.15, 0.2) is 167 Å². The van der Waals surface area contributed by atoms with Gasteiger partial charge in [-0.3, -0.25) is 0 Å². The Labute approximate surface area is 836 Å². The summed E-state index contributed by atoms with van der Waals surface area (Å²) in [6.07, 6.45) is 0.496. The molecule has 0 heterocycles. The molecular formula is C96H112B4F40O4P4. The van der Waals surface area contributed by atoms with E-state index in [2.05, 4.69) is 0 Å². The van der Waals surface area contributed by atoms with Crippen molar-refractivity contribution in [1.29, 1.82) is 0 Å². The zero-order chi connectivity index (χ0) is 116. The van der Waals surface area contributed by atoms with E-state index in [0.29, 0.717) is 0 Å². The van der Waals surface area contributed by atoms with Gasteiger partial charge in [-0.1, -0.05) is 0 Å². The van der Waals surface area contributed by atoms with Gasteiger partial charge in [-0.05, 0) is 222 Å². The van der Waals surface area contributed by atoms with E-state index in [-0.39, 0.29) is 65.9 Å². The van der Waals surface area contributed by atoms with E-state index in [0.717, 1.165) is 0 Å². The summed E-state index contributed by atoms with van der Waals surface area (Å²) in [4.78, 5) is 0. The predicted molar refractivity (Wildman–Crippen MR) is 507 cm³/mol. The zero-order valence-corrected chi connectivity index (χ0v) is 90.4. The highest BCUT2D eigenvalue weighted by atomic mass is 31.1. The molecular weight excluding hydrogens is 2140 g/mol. The minimum atomic E-state index is -4.05. The third-order valence-electron chi connectivity index (χ3n) is 24.8. The van der Waals surface area contributed by atoms with Crippen LogP contribution in [0.5, 0.6) is 0 Å². The third-order valence-corrected chi connectivity index (χ3v) is 44.1. The fourth-order valence-electron chi connectivity index (χ4n) is 18.8. The third kappa shape index (κ3) is 28.4. The Morgan fingerprint density at radius 2 is 0.182 bits per heavy atom. The average Bonchev–Trinajstić information content (AvgIpc) is 0.752. The van der Waals surface area contributed by atoms with Gasteiger partial charge in [0.1, 0.15) is 93.1 Å². The molecule has 148 heavy (non-hydrogen) atoms. The Balaban J connectivity index is 0.000000347. The smallest absolute Gasteiger partial charge is 0.200 e. The van der Waals surface area contributed by atoms with Gasteiger partial charge in [0, 0.05) is 31.7 Å². The van der Waals surface area contributed by atoms with Crippen molar-refractivity contribution >= 4 is 103 Å². The molecule has 0 bridgehead atoms. The van der Waals surface area contributed by atoms with Crippen LogP contribution in [0, 0.1) is 233 Å². The zero-order valence-electron chi connectivity index (χ0n) is 86.4. The van der Waals surface area contributed by atoms with E-state index in [1.54, 1.807) is 0 Å². The fraction of sp³-hybridized carbons (Fsp3) is 0.500. The van der Waals surface area contributed by atoms with Gasteiger partial charge in [-0.2, -0.15) is 0 Å². The molecule has 0 aliphatic rings. The van der Waals surface area contributed by atoms with Crippen LogP contribution in [0.3, 0.4) is 0 Å². The average molecular weight is 2260 g/mol. The summed E-state index contributed by atoms with van der Waals surface area (Å²) in [6, 6.07) is 0. The summed E-state index contributed by atoms with van der Waals surface area (Å²) in [5.74, 6) is -99.6. The van der Waals surface area contributed by atoms with Gasteiger partial charge in [0.2, 0.25) is 0 Å². The van der Waals surface area contributed by atoms with Crippen LogP contribution in [-0.2, 0) is 18.6 Å². The highest BCUT2D eigenvalue weighted by molar-refractivity contribution is 7.62. The Morgan fingerprint density at radius 1 is 0.122 bits per heavy atom. The van der Waals surface area contributed by atoms with Gasteiger partial charge in [0.25, 0.3) is 0 Å². The molecule has 0 fully saturated rings. The first kappa shape index (κ1) is 131. The monoisotopic (exact) mass is 2260 g/mol. The van der Waals surface area contributed by atoms with Crippen molar-refractivity contribution in [2.45, 2.75) is 285 Å². The van der Waals surface area contributed by atoms with Crippen LogP contribution in [0.4, 0.5) is 176 Å². The Bertz CT molecular complexity index is 5000. The highest BCUT2D eigenvalue weighted by Crippen LogP contribution is 2.65. The summed E-state index contributed by atoms with van der Waals surface area (Å²) in [7, 11) is -6.12. The van der Waals surface area contributed by atoms with Crippen molar-refractivity contribution in [2.75, 3.05) is 24.6 Å². The molecule has 0 aliphatic carbocycles. The molecule has 0 aliphatic heterocycles. The first-order valence-corrected chi connectivity index (χ1v) is 52.0. The molecule has 0 radical (unpaired) electrons. The van der Waals surface area contributed by atoms with E-state index in [4.69, 9.17) is 18.6 Å². The second-order valence-electron chi connectivity index (χ2n) is 46.5. The molecule has 0 saturated heterocycles. The summed E-state index contributed by atoms with van der Waals surface area (Å²) >= 11 is 0. The lowest BCUT2D eigenvalue weighted by Gasteiger charge is -2.43. The van der Waals surface area contributed by atoms with Gasteiger partial charge >= 0.3 is 0 Å². The van der Waals surface area contributed by atoms with Gasteiger partial charge in [-0.25, -0.2) is 176 Å². The second kappa shape index (κ2) is 46.4. The van der Waals surface area contributed by atoms with E-state index in [1.807, 2.05) is 166 Å². The fourth-order valence-corrected chi connectivity index (χ4v) is 35.9. The maximum absolute atomic E-state index is 14.8. The molecule has 832 valence electrons. The lowest BCUT2D eigenvalue weighted by Crippen LogP contribution is -2.57. The van der Waals surface area contributed by atoms with Crippen molar-refractivity contribution in [3.8, 4) is 0 Å². The van der Waals surface area contributed by atoms with Crippen molar-refractivity contribution in [1.82, 2.24) is 0 Å². The van der Waals surface area contributed by atoms with Crippen LogP contribution in [0.2, 0.25) is 0 Å². The number of halogens is 40. The van der Waals surface area contributed by atoms with Crippen LogP contribution in [0.25, 0.3) is 0 Å². The molecule has 8 aromatic rings.